The molecular weight excluding hydrogens is 152 g/mol. The molecule has 0 aliphatic carbocycles. The van der Waals surface area contributed by atoms with Crippen LogP contribution in [0, 0.1) is 12.3 Å². The number of nitrogens with two attached hydrogens (primary N) is 1. The van der Waals surface area contributed by atoms with Gasteiger partial charge in [-0.2, -0.15) is 0 Å². The summed E-state index contributed by atoms with van der Waals surface area (Å²) in [4.78, 5) is 7.30. The van der Waals surface area contributed by atoms with Crippen molar-refractivity contribution >= 4 is 5.84 Å². The highest BCUT2D eigenvalue weighted by molar-refractivity contribution is 5.94. The van der Waals surface area contributed by atoms with Crippen molar-refractivity contribution in [3.63, 3.8) is 0 Å². The molecule has 4 N–H and O–H groups in total. The van der Waals surface area contributed by atoms with E-state index in [9.17, 15) is 0 Å². The molecule has 1 aromatic heterocycles. The third kappa shape index (κ3) is 1.47. The Hall–Kier alpha value is -1.32. The quantitative estimate of drug-likeness (QED) is 0.455. The molecule has 12 heavy (non-hydrogen) atoms. The SMILES string of the molecule is Cc1[nH]c(C(C)C)nc1C(=N)N. The first kappa shape index (κ1) is 8.77. The lowest BCUT2D eigenvalue weighted by Crippen LogP contribution is -2.13. The Morgan fingerprint density at radius 1 is 1.58 bits per heavy atom. The van der Waals surface area contributed by atoms with Gasteiger partial charge in [0.1, 0.15) is 17.4 Å². The van der Waals surface area contributed by atoms with E-state index in [-0.39, 0.29) is 5.84 Å². The van der Waals surface area contributed by atoms with Crippen LogP contribution in [0.5, 0.6) is 0 Å². The minimum absolute atomic E-state index is 0.0238. The summed E-state index contributed by atoms with van der Waals surface area (Å²) in [6, 6.07) is 0. The van der Waals surface area contributed by atoms with Crippen LogP contribution in [0.1, 0.15) is 37.0 Å². The summed E-state index contributed by atoms with van der Waals surface area (Å²) in [6.45, 7) is 5.96. The molecule has 0 radical (unpaired) electrons. The second-order valence-corrected chi connectivity index (χ2v) is 3.16. The third-order valence-electron chi connectivity index (χ3n) is 1.71. The van der Waals surface area contributed by atoms with Gasteiger partial charge in [-0.3, -0.25) is 5.41 Å². The lowest BCUT2D eigenvalue weighted by Gasteiger charge is -1.96. The summed E-state index contributed by atoms with van der Waals surface area (Å²) < 4.78 is 0. The number of nitrogens with zero attached hydrogens (tertiary/aromatic N) is 1. The van der Waals surface area contributed by atoms with E-state index in [0.29, 0.717) is 11.6 Å². The molecule has 66 valence electrons. The molecule has 0 fully saturated rings. The molecule has 0 saturated heterocycles. The Morgan fingerprint density at radius 3 is 2.42 bits per heavy atom. The molecule has 0 bridgehead atoms. The average Bonchev–Trinajstić information content (AvgIpc) is 2.30. The largest absolute Gasteiger partial charge is 0.382 e. The van der Waals surface area contributed by atoms with Crippen LogP contribution in [0.4, 0.5) is 0 Å². The monoisotopic (exact) mass is 166 g/mol. The Balaban J connectivity index is 3.09. The molecule has 0 saturated carbocycles. The summed E-state index contributed by atoms with van der Waals surface area (Å²) in [7, 11) is 0. The van der Waals surface area contributed by atoms with Crippen molar-refractivity contribution in [1.82, 2.24) is 9.97 Å². The number of hydrogen-bond donors (Lipinski definition) is 3. The number of hydrogen-bond acceptors (Lipinski definition) is 2. The fourth-order valence-corrected chi connectivity index (χ4v) is 1.02. The fraction of sp³-hybridized carbons (Fsp3) is 0.500. The lowest BCUT2D eigenvalue weighted by atomic mass is 10.2. The summed E-state index contributed by atoms with van der Waals surface area (Å²) >= 11 is 0. The van der Waals surface area contributed by atoms with E-state index in [4.69, 9.17) is 11.1 Å². The number of nitrogen functional groups attached to an aromatic ring is 1. The van der Waals surface area contributed by atoms with Crippen LogP contribution >= 0.6 is 0 Å². The molecule has 0 aromatic carbocycles. The topological polar surface area (TPSA) is 78.5 Å². The number of rotatable bonds is 2. The maximum absolute atomic E-state index is 7.23. The second-order valence-electron chi connectivity index (χ2n) is 3.16. The minimum atomic E-state index is 0.0238. The summed E-state index contributed by atoms with van der Waals surface area (Å²) in [6.07, 6.45) is 0. The van der Waals surface area contributed by atoms with Gasteiger partial charge in [-0.05, 0) is 6.92 Å². The molecule has 0 unspecified atom stereocenters. The zero-order chi connectivity index (χ0) is 9.30. The highest BCUT2D eigenvalue weighted by Gasteiger charge is 2.10. The number of nitrogens with one attached hydrogen (secondary N) is 2. The molecule has 1 rings (SSSR count). The first-order chi connectivity index (χ1) is 5.52. The van der Waals surface area contributed by atoms with E-state index >= 15 is 0 Å². The standard InChI is InChI=1S/C8H14N4/c1-4(2)8-11-5(3)6(12-8)7(9)10/h4H,1-3H3,(H3,9,10)(H,11,12). The highest BCUT2D eigenvalue weighted by Crippen LogP contribution is 2.12. The number of aryl methyl sites for hydroxylation is 1. The van der Waals surface area contributed by atoms with Crippen LogP contribution in [0.25, 0.3) is 0 Å². The van der Waals surface area contributed by atoms with Gasteiger partial charge in [0.2, 0.25) is 0 Å². The van der Waals surface area contributed by atoms with Crippen LogP contribution in [0.15, 0.2) is 0 Å². The van der Waals surface area contributed by atoms with Gasteiger partial charge < -0.3 is 10.7 Å². The minimum Gasteiger partial charge on any atom is -0.382 e. The Morgan fingerprint density at radius 2 is 2.17 bits per heavy atom. The van der Waals surface area contributed by atoms with Crippen molar-refractivity contribution in [2.24, 2.45) is 5.73 Å². The summed E-state index contributed by atoms with van der Waals surface area (Å²) in [5.74, 6) is 1.25. The van der Waals surface area contributed by atoms with Gasteiger partial charge in [0.05, 0.1) is 0 Å². The number of amidine groups is 1. The number of aromatic amines is 1. The molecule has 0 aliphatic heterocycles. The summed E-state index contributed by atoms with van der Waals surface area (Å²) in [5, 5.41) is 7.23. The molecule has 1 aromatic rings. The van der Waals surface area contributed by atoms with Gasteiger partial charge >= 0.3 is 0 Å². The maximum Gasteiger partial charge on any atom is 0.143 e. The van der Waals surface area contributed by atoms with Crippen LogP contribution < -0.4 is 5.73 Å². The van der Waals surface area contributed by atoms with Gasteiger partial charge in [0.15, 0.2) is 0 Å². The Bertz CT molecular complexity index is 298. The lowest BCUT2D eigenvalue weighted by molar-refractivity contribution is 0.791. The Kier molecular flexibility index (Phi) is 2.17. The second kappa shape index (κ2) is 2.97. The Labute approximate surface area is 71.7 Å². The predicted octanol–water partition coefficient (Wildman–Crippen LogP) is 1.13. The number of imidazole rings is 1. The average molecular weight is 166 g/mol. The van der Waals surface area contributed by atoms with E-state index in [1.165, 1.54) is 0 Å². The molecule has 0 atom stereocenters. The first-order valence-electron chi connectivity index (χ1n) is 3.93. The van der Waals surface area contributed by atoms with E-state index < -0.39 is 0 Å². The third-order valence-corrected chi connectivity index (χ3v) is 1.71. The van der Waals surface area contributed by atoms with Crippen LogP contribution in [-0.4, -0.2) is 15.8 Å². The van der Waals surface area contributed by atoms with Gasteiger partial charge in [-0.15, -0.1) is 0 Å². The predicted molar refractivity (Wildman–Crippen MR) is 48.4 cm³/mol. The van der Waals surface area contributed by atoms with Crippen LogP contribution in [0.2, 0.25) is 0 Å². The van der Waals surface area contributed by atoms with Crippen molar-refractivity contribution in [1.29, 1.82) is 5.41 Å². The van der Waals surface area contributed by atoms with Crippen molar-refractivity contribution < 1.29 is 0 Å². The van der Waals surface area contributed by atoms with Gasteiger partial charge in [-0.25, -0.2) is 4.98 Å². The number of aromatic nitrogens is 2. The van der Waals surface area contributed by atoms with E-state index in [1.54, 1.807) is 0 Å². The van der Waals surface area contributed by atoms with E-state index in [0.717, 1.165) is 11.5 Å². The zero-order valence-corrected chi connectivity index (χ0v) is 7.60. The molecule has 0 spiro atoms. The van der Waals surface area contributed by atoms with Gasteiger partial charge in [-0.1, -0.05) is 13.8 Å². The van der Waals surface area contributed by atoms with Crippen LogP contribution in [-0.2, 0) is 0 Å². The van der Waals surface area contributed by atoms with Crippen molar-refractivity contribution in [3.05, 3.63) is 17.2 Å². The van der Waals surface area contributed by atoms with Crippen molar-refractivity contribution in [3.8, 4) is 0 Å². The smallest absolute Gasteiger partial charge is 0.143 e. The zero-order valence-electron chi connectivity index (χ0n) is 7.60. The van der Waals surface area contributed by atoms with Crippen LogP contribution in [0.3, 0.4) is 0 Å². The number of H-pyrrole nitrogens is 1. The normalized spacial score (nSPS) is 10.7. The maximum atomic E-state index is 7.23. The molecule has 1 heterocycles. The first-order valence-corrected chi connectivity index (χ1v) is 3.93. The van der Waals surface area contributed by atoms with E-state index in [1.807, 2.05) is 20.8 Å². The van der Waals surface area contributed by atoms with E-state index in [2.05, 4.69) is 9.97 Å². The molecule has 4 nitrogen and oxygen atoms in total. The summed E-state index contributed by atoms with van der Waals surface area (Å²) in [5.41, 5.74) is 6.76. The van der Waals surface area contributed by atoms with Gasteiger partial charge in [0, 0.05) is 11.6 Å². The fourth-order valence-electron chi connectivity index (χ4n) is 1.02. The molecule has 0 aliphatic rings. The van der Waals surface area contributed by atoms with Crippen molar-refractivity contribution in [2.75, 3.05) is 0 Å². The highest BCUT2D eigenvalue weighted by atomic mass is 15.0. The molecular formula is C8H14N4. The van der Waals surface area contributed by atoms with Gasteiger partial charge in [0.25, 0.3) is 0 Å². The molecule has 4 heteroatoms. The molecule has 0 amide bonds. The van der Waals surface area contributed by atoms with Crippen molar-refractivity contribution in [2.45, 2.75) is 26.7 Å².